The minimum absolute atomic E-state index is 0.0846. The van der Waals surface area contributed by atoms with Crippen molar-refractivity contribution in [3.63, 3.8) is 0 Å². The van der Waals surface area contributed by atoms with Crippen LogP contribution in [-0.4, -0.2) is 17.3 Å². The molecule has 0 aliphatic carbocycles. The molecule has 3 N–H and O–H groups in total. The fraction of sp³-hybridized carbons (Fsp3) is 0.0714. The highest BCUT2D eigenvalue weighted by atomic mass is 32.1. The first-order valence-corrected chi connectivity index (χ1v) is 6.53. The number of esters is 1. The van der Waals surface area contributed by atoms with E-state index in [4.69, 9.17) is 14.9 Å². The molecule has 1 aliphatic heterocycles. The lowest BCUT2D eigenvalue weighted by atomic mass is 10.0. The van der Waals surface area contributed by atoms with Crippen LogP contribution >= 0.6 is 12.2 Å². The van der Waals surface area contributed by atoms with Crippen molar-refractivity contribution < 1.29 is 13.9 Å². The molecule has 7 heteroatoms. The fourth-order valence-corrected chi connectivity index (χ4v) is 2.08. The van der Waals surface area contributed by atoms with Gasteiger partial charge in [-0.05, 0) is 36.5 Å². The maximum atomic E-state index is 11.4. The first-order chi connectivity index (χ1) is 10.1. The standard InChI is InChI=1S/C14H11N3O3S/c15-14(21)17-16-6-10-2-4-12(20-10)8-1-3-11-9(5-8)7-19-13(11)18/h1-6H,7H2,(H3,15,17,21). The van der Waals surface area contributed by atoms with Crippen LogP contribution in [0.4, 0.5) is 0 Å². The van der Waals surface area contributed by atoms with Crippen LogP contribution in [0.25, 0.3) is 11.3 Å². The molecule has 0 fully saturated rings. The Morgan fingerprint density at radius 3 is 3.05 bits per heavy atom. The van der Waals surface area contributed by atoms with Crippen molar-refractivity contribution in [3.05, 3.63) is 47.2 Å². The van der Waals surface area contributed by atoms with Gasteiger partial charge in [0.25, 0.3) is 0 Å². The lowest BCUT2D eigenvalue weighted by molar-refractivity contribution is 0.0535. The molecule has 0 bridgehead atoms. The summed E-state index contributed by atoms with van der Waals surface area (Å²) in [7, 11) is 0. The predicted octanol–water partition coefficient (Wildman–Crippen LogP) is 1.78. The predicted molar refractivity (Wildman–Crippen MR) is 80.8 cm³/mol. The molecule has 0 radical (unpaired) electrons. The fourth-order valence-electron chi connectivity index (χ4n) is 2.02. The number of hydrogen-bond acceptors (Lipinski definition) is 5. The Morgan fingerprint density at radius 2 is 2.24 bits per heavy atom. The Bertz CT molecular complexity index is 752. The molecular weight excluding hydrogens is 290 g/mol. The normalized spacial score (nSPS) is 13.2. The summed E-state index contributed by atoms with van der Waals surface area (Å²) in [6, 6.07) is 9.03. The number of cyclic esters (lactones) is 1. The second kappa shape index (κ2) is 5.37. The van der Waals surface area contributed by atoms with E-state index in [1.807, 2.05) is 18.2 Å². The number of nitrogens with two attached hydrogens (primary N) is 1. The quantitative estimate of drug-likeness (QED) is 0.389. The van der Waals surface area contributed by atoms with Crippen LogP contribution in [0.1, 0.15) is 21.7 Å². The number of carbonyl (C=O) groups excluding carboxylic acids is 1. The van der Waals surface area contributed by atoms with Crippen molar-refractivity contribution >= 4 is 29.5 Å². The van der Waals surface area contributed by atoms with Crippen LogP contribution < -0.4 is 11.2 Å². The van der Waals surface area contributed by atoms with Gasteiger partial charge >= 0.3 is 5.97 Å². The molecule has 3 rings (SSSR count). The van der Waals surface area contributed by atoms with Crippen molar-refractivity contribution in [2.24, 2.45) is 10.8 Å². The number of carbonyl (C=O) groups is 1. The van der Waals surface area contributed by atoms with E-state index >= 15 is 0 Å². The van der Waals surface area contributed by atoms with Gasteiger partial charge in [-0.25, -0.2) is 4.79 Å². The second-order valence-electron chi connectivity index (χ2n) is 4.38. The van der Waals surface area contributed by atoms with Gasteiger partial charge in [-0.2, -0.15) is 5.10 Å². The maximum Gasteiger partial charge on any atom is 0.338 e. The van der Waals surface area contributed by atoms with E-state index in [-0.39, 0.29) is 11.1 Å². The zero-order valence-corrected chi connectivity index (χ0v) is 11.6. The van der Waals surface area contributed by atoms with Crippen molar-refractivity contribution in [1.82, 2.24) is 5.43 Å². The molecule has 0 unspecified atom stereocenters. The van der Waals surface area contributed by atoms with E-state index in [1.54, 1.807) is 12.1 Å². The number of fused-ring (bicyclic) bond motifs is 1. The third kappa shape index (κ3) is 2.77. The number of nitrogens with one attached hydrogen (secondary N) is 1. The van der Waals surface area contributed by atoms with Gasteiger partial charge in [-0.15, -0.1) is 0 Å². The smallest absolute Gasteiger partial charge is 0.338 e. The molecule has 21 heavy (non-hydrogen) atoms. The van der Waals surface area contributed by atoms with E-state index in [2.05, 4.69) is 22.7 Å². The molecule has 0 saturated carbocycles. The summed E-state index contributed by atoms with van der Waals surface area (Å²) in [6.07, 6.45) is 1.47. The van der Waals surface area contributed by atoms with E-state index in [0.717, 1.165) is 11.1 Å². The highest BCUT2D eigenvalue weighted by Crippen LogP contribution is 2.27. The summed E-state index contributed by atoms with van der Waals surface area (Å²) in [5.74, 6) is 0.947. The second-order valence-corrected chi connectivity index (χ2v) is 4.82. The molecule has 0 atom stereocenters. The topological polar surface area (TPSA) is 89.9 Å². The molecule has 0 saturated heterocycles. The van der Waals surface area contributed by atoms with Crippen LogP contribution in [0.3, 0.4) is 0 Å². The lowest BCUT2D eigenvalue weighted by Gasteiger charge is -1.99. The van der Waals surface area contributed by atoms with Gasteiger partial charge < -0.3 is 14.9 Å². The monoisotopic (exact) mass is 301 g/mol. The van der Waals surface area contributed by atoms with Crippen molar-refractivity contribution in [1.29, 1.82) is 0 Å². The van der Waals surface area contributed by atoms with Crippen LogP contribution in [-0.2, 0) is 11.3 Å². The highest BCUT2D eigenvalue weighted by molar-refractivity contribution is 7.80. The molecule has 2 aromatic rings. The third-order valence-corrected chi connectivity index (χ3v) is 3.05. The molecule has 2 heterocycles. The first-order valence-electron chi connectivity index (χ1n) is 6.12. The number of rotatable bonds is 3. The number of ether oxygens (including phenoxy) is 1. The number of hydrogen-bond donors (Lipinski definition) is 2. The molecule has 1 aromatic heterocycles. The molecule has 106 valence electrons. The van der Waals surface area contributed by atoms with Gasteiger partial charge in [0.2, 0.25) is 0 Å². The zero-order chi connectivity index (χ0) is 14.8. The summed E-state index contributed by atoms with van der Waals surface area (Å²) in [5, 5.41) is 3.90. The van der Waals surface area contributed by atoms with Gasteiger partial charge in [0.1, 0.15) is 18.1 Å². The van der Waals surface area contributed by atoms with Crippen LogP contribution in [0.15, 0.2) is 39.9 Å². The third-order valence-electron chi connectivity index (χ3n) is 2.96. The summed E-state index contributed by atoms with van der Waals surface area (Å²) in [5.41, 5.74) is 10.0. The largest absolute Gasteiger partial charge is 0.457 e. The van der Waals surface area contributed by atoms with E-state index < -0.39 is 0 Å². The average Bonchev–Trinajstić information content (AvgIpc) is 3.06. The van der Waals surface area contributed by atoms with Crippen LogP contribution in [0.2, 0.25) is 0 Å². The minimum Gasteiger partial charge on any atom is -0.457 e. The van der Waals surface area contributed by atoms with E-state index in [0.29, 0.717) is 23.7 Å². The SMILES string of the molecule is NC(=S)NN=Cc1ccc(-c2ccc3c(c2)COC3=O)o1. The first kappa shape index (κ1) is 13.3. The summed E-state index contributed by atoms with van der Waals surface area (Å²) in [4.78, 5) is 11.4. The lowest BCUT2D eigenvalue weighted by Crippen LogP contribution is -2.23. The van der Waals surface area contributed by atoms with Gasteiger partial charge in [0, 0.05) is 11.1 Å². The van der Waals surface area contributed by atoms with Gasteiger partial charge in [-0.1, -0.05) is 6.07 Å². The van der Waals surface area contributed by atoms with E-state index in [1.165, 1.54) is 6.21 Å². The molecule has 0 spiro atoms. The Labute approximate surface area is 125 Å². The van der Waals surface area contributed by atoms with Crippen molar-refractivity contribution in [3.8, 4) is 11.3 Å². The maximum absolute atomic E-state index is 11.4. The molecular formula is C14H11N3O3S. The Hall–Kier alpha value is -2.67. The van der Waals surface area contributed by atoms with Crippen LogP contribution in [0.5, 0.6) is 0 Å². The number of hydrazone groups is 1. The summed E-state index contributed by atoms with van der Waals surface area (Å²) >= 11 is 4.63. The Balaban J connectivity index is 1.82. The molecule has 1 aliphatic rings. The van der Waals surface area contributed by atoms with Crippen molar-refractivity contribution in [2.75, 3.05) is 0 Å². The molecule has 6 nitrogen and oxygen atoms in total. The molecule has 1 aromatic carbocycles. The van der Waals surface area contributed by atoms with Gasteiger partial charge in [0.15, 0.2) is 5.11 Å². The summed E-state index contributed by atoms with van der Waals surface area (Å²) < 4.78 is 10.6. The Kier molecular flexibility index (Phi) is 3.41. The number of furan rings is 1. The number of thiocarbonyl (C=S) groups is 1. The van der Waals surface area contributed by atoms with Crippen molar-refractivity contribution in [2.45, 2.75) is 6.61 Å². The number of benzene rings is 1. The number of nitrogens with zero attached hydrogens (tertiary/aromatic N) is 1. The van der Waals surface area contributed by atoms with Gasteiger partial charge in [-0.3, -0.25) is 5.43 Å². The van der Waals surface area contributed by atoms with Crippen LogP contribution in [0, 0.1) is 0 Å². The Morgan fingerprint density at radius 1 is 1.38 bits per heavy atom. The minimum atomic E-state index is -0.285. The molecule has 0 amide bonds. The van der Waals surface area contributed by atoms with E-state index in [9.17, 15) is 4.79 Å². The zero-order valence-electron chi connectivity index (χ0n) is 10.8. The summed E-state index contributed by atoms with van der Waals surface area (Å²) in [6.45, 7) is 0.300. The average molecular weight is 301 g/mol. The van der Waals surface area contributed by atoms with Gasteiger partial charge in [0.05, 0.1) is 11.8 Å². The highest BCUT2D eigenvalue weighted by Gasteiger charge is 2.21.